The normalized spacial score (nSPS) is 14.1. The number of halogens is 4. The quantitative estimate of drug-likeness (QED) is 0.597. The highest BCUT2D eigenvalue weighted by Gasteiger charge is 2.31. The van der Waals surface area contributed by atoms with Crippen LogP contribution in [-0.4, -0.2) is 11.2 Å². The predicted octanol–water partition coefficient (Wildman–Crippen LogP) is 2.17. The van der Waals surface area contributed by atoms with Crippen molar-refractivity contribution in [2.45, 2.75) is 18.6 Å². The molecule has 0 unspecified atom stereocenters. The zero-order valence-electron chi connectivity index (χ0n) is 7.05. The zero-order valence-corrected chi connectivity index (χ0v) is 7.05. The van der Waals surface area contributed by atoms with Gasteiger partial charge in [0.2, 0.25) is 5.95 Å². The molecule has 2 N–H and O–H groups in total. The average Bonchev–Trinajstić information content (AvgIpc) is 2.01. The summed E-state index contributed by atoms with van der Waals surface area (Å²) < 4.78 is 48.2. The summed E-state index contributed by atoms with van der Waals surface area (Å²) in [6, 6.07) is 2.27. The summed E-state index contributed by atoms with van der Waals surface area (Å²) in [7, 11) is 0. The summed E-state index contributed by atoms with van der Waals surface area (Å²) in [6.45, 7) is 0. The Labute approximate surface area is 77.7 Å². The fraction of sp³-hybridized carbons (Fsp3) is 0.375. The Bertz CT molecular complexity index is 310. The van der Waals surface area contributed by atoms with E-state index in [-0.39, 0.29) is 5.69 Å². The lowest BCUT2D eigenvalue weighted by atomic mass is 10.1. The van der Waals surface area contributed by atoms with Crippen molar-refractivity contribution in [3.63, 3.8) is 0 Å². The first-order valence-corrected chi connectivity index (χ1v) is 3.83. The van der Waals surface area contributed by atoms with E-state index in [1.165, 1.54) is 12.1 Å². The molecule has 0 aliphatic carbocycles. The molecule has 78 valence electrons. The maximum absolute atomic E-state index is 12.5. The molecule has 1 atom stereocenters. The largest absolute Gasteiger partial charge is 0.390 e. The molecule has 0 saturated carbocycles. The van der Waals surface area contributed by atoms with Crippen LogP contribution in [0.4, 0.5) is 17.6 Å². The first-order chi connectivity index (χ1) is 6.38. The number of aromatic nitrogens is 1. The van der Waals surface area contributed by atoms with Crippen molar-refractivity contribution >= 4 is 0 Å². The molecule has 0 aliphatic rings. The van der Waals surface area contributed by atoms with Crippen LogP contribution in [0.15, 0.2) is 18.2 Å². The predicted molar refractivity (Wildman–Crippen MR) is 41.8 cm³/mol. The number of rotatable bonds is 2. The molecule has 0 aliphatic heterocycles. The van der Waals surface area contributed by atoms with E-state index in [1.807, 2.05) is 0 Å². The van der Waals surface area contributed by atoms with Crippen LogP contribution >= 0.6 is 0 Å². The molecule has 1 rings (SSSR count). The summed E-state index contributed by atoms with van der Waals surface area (Å²) in [6.07, 6.45) is -5.57. The molecular formula is C8H8F4N2. The summed E-state index contributed by atoms with van der Waals surface area (Å²) in [5.74, 6) is -0.833. The minimum Gasteiger partial charge on any atom is -0.322 e. The van der Waals surface area contributed by atoms with Crippen LogP contribution in [0.25, 0.3) is 0 Å². The van der Waals surface area contributed by atoms with Crippen LogP contribution in [0.5, 0.6) is 0 Å². The van der Waals surface area contributed by atoms with E-state index in [2.05, 4.69) is 4.98 Å². The molecule has 1 heterocycles. The van der Waals surface area contributed by atoms with Gasteiger partial charge in [0.1, 0.15) is 0 Å². The fourth-order valence-electron chi connectivity index (χ4n) is 0.984. The van der Waals surface area contributed by atoms with Gasteiger partial charge in [-0.2, -0.15) is 17.6 Å². The first-order valence-electron chi connectivity index (χ1n) is 3.83. The van der Waals surface area contributed by atoms with Gasteiger partial charge in [-0.05, 0) is 12.1 Å². The molecular weight excluding hydrogens is 200 g/mol. The van der Waals surface area contributed by atoms with Crippen LogP contribution in [0, 0.1) is 5.95 Å². The van der Waals surface area contributed by atoms with E-state index >= 15 is 0 Å². The second-order valence-corrected chi connectivity index (χ2v) is 2.81. The maximum atomic E-state index is 12.5. The van der Waals surface area contributed by atoms with Crippen molar-refractivity contribution < 1.29 is 17.6 Å². The molecule has 2 nitrogen and oxygen atoms in total. The molecule has 0 radical (unpaired) electrons. The zero-order chi connectivity index (χ0) is 10.8. The molecule has 0 bridgehead atoms. The van der Waals surface area contributed by atoms with Crippen LogP contribution in [0.3, 0.4) is 0 Å². The highest BCUT2D eigenvalue weighted by Crippen LogP contribution is 2.26. The van der Waals surface area contributed by atoms with Gasteiger partial charge in [0, 0.05) is 0 Å². The minimum absolute atomic E-state index is 0.0951. The van der Waals surface area contributed by atoms with Gasteiger partial charge in [-0.15, -0.1) is 0 Å². The second kappa shape index (κ2) is 3.91. The SMILES string of the molecule is N[C@@H](CC(F)(F)F)c1cccc(F)n1. The second-order valence-electron chi connectivity index (χ2n) is 2.81. The van der Waals surface area contributed by atoms with E-state index in [4.69, 9.17) is 5.73 Å². The molecule has 0 saturated heterocycles. The summed E-state index contributed by atoms with van der Waals surface area (Å²) in [4.78, 5) is 3.27. The lowest BCUT2D eigenvalue weighted by molar-refractivity contribution is -0.138. The number of alkyl halides is 3. The third-order valence-corrected chi connectivity index (χ3v) is 1.57. The Balaban J connectivity index is 2.74. The van der Waals surface area contributed by atoms with Crippen LogP contribution < -0.4 is 5.73 Å². The number of nitrogens with two attached hydrogens (primary N) is 1. The number of pyridine rings is 1. The van der Waals surface area contributed by atoms with Gasteiger partial charge >= 0.3 is 6.18 Å². The Morgan fingerprint density at radius 1 is 1.36 bits per heavy atom. The highest BCUT2D eigenvalue weighted by molar-refractivity contribution is 5.09. The topological polar surface area (TPSA) is 38.9 Å². The van der Waals surface area contributed by atoms with E-state index < -0.39 is 24.6 Å². The molecule has 0 aromatic carbocycles. The van der Waals surface area contributed by atoms with Crippen molar-refractivity contribution in [3.05, 3.63) is 29.8 Å². The molecule has 0 fully saturated rings. The molecule has 1 aromatic rings. The molecule has 14 heavy (non-hydrogen) atoms. The van der Waals surface area contributed by atoms with Crippen molar-refractivity contribution in [2.24, 2.45) is 5.73 Å². The van der Waals surface area contributed by atoms with Crippen molar-refractivity contribution in [2.75, 3.05) is 0 Å². The summed E-state index contributed by atoms with van der Waals surface area (Å²) in [5.41, 5.74) is 5.11. The lowest BCUT2D eigenvalue weighted by Crippen LogP contribution is -2.21. The van der Waals surface area contributed by atoms with Crippen LogP contribution in [-0.2, 0) is 0 Å². The van der Waals surface area contributed by atoms with Crippen molar-refractivity contribution in [3.8, 4) is 0 Å². The summed E-state index contributed by atoms with van der Waals surface area (Å²) >= 11 is 0. The van der Waals surface area contributed by atoms with E-state index in [9.17, 15) is 17.6 Å². The van der Waals surface area contributed by atoms with E-state index in [1.54, 1.807) is 0 Å². The highest BCUT2D eigenvalue weighted by atomic mass is 19.4. The number of hydrogen-bond acceptors (Lipinski definition) is 2. The molecule has 1 aromatic heterocycles. The molecule has 6 heteroatoms. The van der Waals surface area contributed by atoms with Gasteiger partial charge in [0.25, 0.3) is 0 Å². The van der Waals surface area contributed by atoms with Gasteiger partial charge < -0.3 is 5.73 Å². The first kappa shape index (κ1) is 10.9. The molecule has 0 amide bonds. The number of hydrogen-bond donors (Lipinski definition) is 1. The fourth-order valence-corrected chi connectivity index (χ4v) is 0.984. The summed E-state index contributed by atoms with van der Waals surface area (Å²) in [5, 5.41) is 0. The third-order valence-electron chi connectivity index (χ3n) is 1.57. The lowest BCUT2D eigenvalue weighted by Gasteiger charge is -2.13. The van der Waals surface area contributed by atoms with Gasteiger partial charge in [-0.3, -0.25) is 0 Å². The van der Waals surface area contributed by atoms with Crippen LogP contribution in [0.2, 0.25) is 0 Å². The Hall–Kier alpha value is -1.17. The van der Waals surface area contributed by atoms with Gasteiger partial charge in [-0.1, -0.05) is 6.07 Å². The Morgan fingerprint density at radius 3 is 2.50 bits per heavy atom. The monoisotopic (exact) mass is 208 g/mol. The average molecular weight is 208 g/mol. The minimum atomic E-state index is -4.37. The van der Waals surface area contributed by atoms with Crippen molar-refractivity contribution in [1.29, 1.82) is 0 Å². The molecule has 0 spiro atoms. The van der Waals surface area contributed by atoms with E-state index in [0.717, 1.165) is 6.07 Å². The Kier molecular flexibility index (Phi) is 3.05. The standard InChI is InChI=1S/C8H8F4N2/c9-7-3-1-2-6(14-7)5(13)4-8(10,11)12/h1-3,5H,4,13H2/t5-/m0/s1. The third kappa shape index (κ3) is 3.29. The van der Waals surface area contributed by atoms with Crippen molar-refractivity contribution in [1.82, 2.24) is 4.98 Å². The van der Waals surface area contributed by atoms with Crippen LogP contribution in [0.1, 0.15) is 18.2 Å². The Morgan fingerprint density at radius 2 is 2.00 bits per heavy atom. The number of nitrogens with zero attached hydrogens (tertiary/aromatic N) is 1. The van der Waals surface area contributed by atoms with Gasteiger partial charge in [-0.25, -0.2) is 4.98 Å². The van der Waals surface area contributed by atoms with Gasteiger partial charge in [0.05, 0.1) is 18.2 Å². The van der Waals surface area contributed by atoms with E-state index in [0.29, 0.717) is 0 Å². The maximum Gasteiger partial charge on any atom is 0.390 e. The van der Waals surface area contributed by atoms with Gasteiger partial charge in [0.15, 0.2) is 0 Å². The smallest absolute Gasteiger partial charge is 0.322 e.